The first-order valence-corrected chi connectivity index (χ1v) is 5.67. The lowest BCUT2D eigenvalue weighted by atomic mass is 10.2. The van der Waals surface area contributed by atoms with Crippen LogP contribution in [0.2, 0.25) is 0 Å². The van der Waals surface area contributed by atoms with E-state index in [0.717, 1.165) is 0 Å². The maximum atomic E-state index is 11.7. The van der Waals surface area contributed by atoms with Gasteiger partial charge in [-0.05, 0) is 48.2 Å². The van der Waals surface area contributed by atoms with Gasteiger partial charge in [-0.15, -0.1) is 0 Å². The van der Waals surface area contributed by atoms with Gasteiger partial charge in [0.15, 0.2) is 0 Å². The number of esters is 1. The van der Waals surface area contributed by atoms with Crippen molar-refractivity contribution < 1.29 is 9.53 Å². The number of ether oxygens (including phenoxy) is 1. The zero-order valence-corrected chi connectivity index (χ0v) is 11.0. The Morgan fingerprint density at radius 1 is 1.50 bits per heavy atom. The molecule has 5 heteroatoms. The quantitative estimate of drug-likeness (QED) is 0.677. The molecule has 0 saturated carbocycles. The Hall–Kier alpha value is -1.07. The Morgan fingerprint density at radius 2 is 2.19 bits per heavy atom. The first kappa shape index (κ1) is 13.0. The third kappa shape index (κ3) is 3.83. The Labute approximate surface area is 103 Å². The predicted octanol–water partition coefficient (Wildman–Crippen LogP) is 1.75. The summed E-state index contributed by atoms with van der Waals surface area (Å²) in [5.41, 5.74) is 6.61. The number of hydrogen-bond donors (Lipinski definition) is 1. The fraction of sp³-hybridized carbons (Fsp3) is 0.364. The highest BCUT2D eigenvalue weighted by Gasteiger charge is 2.11. The molecular weight excluding hydrogens is 272 g/mol. The molecule has 88 valence electrons. The van der Waals surface area contributed by atoms with Crippen LogP contribution in [0.25, 0.3) is 0 Å². The third-order valence-electron chi connectivity index (χ3n) is 1.98. The second kappa shape index (κ2) is 5.86. The van der Waals surface area contributed by atoms with Crippen molar-refractivity contribution in [3.05, 3.63) is 28.2 Å². The highest BCUT2D eigenvalue weighted by atomic mass is 79.9. The van der Waals surface area contributed by atoms with Crippen molar-refractivity contribution in [1.29, 1.82) is 0 Å². The van der Waals surface area contributed by atoms with Crippen LogP contribution in [0.4, 0.5) is 5.69 Å². The van der Waals surface area contributed by atoms with E-state index in [4.69, 9.17) is 10.5 Å². The minimum atomic E-state index is -0.360. The van der Waals surface area contributed by atoms with Gasteiger partial charge >= 0.3 is 5.97 Å². The fourth-order valence-electron chi connectivity index (χ4n) is 1.10. The van der Waals surface area contributed by atoms with Crippen molar-refractivity contribution in [2.75, 3.05) is 33.0 Å². The van der Waals surface area contributed by atoms with Gasteiger partial charge in [0, 0.05) is 16.7 Å². The van der Waals surface area contributed by atoms with Crippen LogP contribution in [0.1, 0.15) is 10.4 Å². The van der Waals surface area contributed by atoms with Crippen molar-refractivity contribution in [2.45, 2.75) is 0 Å². The van der Waals surface area contributed by atoms with E-state index in [0.29, 0.717) is 28.9 Å². The van der Waals surface area contributed by atoms with Crippen LogP contribution in [0, 0.1) is 0 Å². The SMILES string of the molecule is CN(C)CCOC(=O)c1cc(N)ccc1Br. The third-order valence-corrected chi connectivity index (χ3v) is 2.67. The molecule has 4 nitrogen and oxygen atoms in total. The summed E-state index contributed by atoms with van der Waals surface area (Å²) in [4.78, 5) is 13.6. The Bertz CT molecular complexity index is 380. The molecule has 16 heavy (non-hydrogen) atoms. The van der Waals surface area contributed by atoms with Crippen molar-refractivity contribution in [2.24, 2.45) is 0 Å². The molecule has 0 heterocycles. The molecule has 1 aromatic carbocycles. The maximum absolute atomic E-state index is 11.7. The number of benzene rings is 1. The van der Waals surface area contributed by atoms with E-state index in [1.165, 1.54) is 0 Å². The Kier molecular flexibility index (Phi) is 4.76. The van der Waals surface area contributed by atoms with Gasteiger partial charge in [-0.3, -0.25) is 0 Å². The first-order chi connectivity index (χ1) is 7.50. The first-order valence-electron chi connectivity index (χ1n) is 4.87. The van der Waals surface area contributed by atoms with Crippen LogP contribution < -0.4 is 5.73 Å². The van der Waals surface area contributed by atoms with Crippen molar-refractivity contribution in [3.63, 3.8) is 0 Å². The summed E-state index contributed by atoms with van der Waals surface area (Å²) < 4.78 is 5.80. The summed E-state index contributed by atoms with van der Waals surface area (Å²) in [6.07, 6.45) is 0. The molecule has 0 spiro atoms. The lowest BCUT2D eigenvalue weighted by molar-refractivity contribution is 0.0481. The van der Waals surface area contributed by atoms with E-state index in [9.17, 15) is 4.79 Å². The van der Waals surface area contributed by atoms with Crippen molar-refractivity contribution >= 4 is 27.6 Å². The number of halogens is 1. The molecule has 0 aliphatic carbocycles. The van der Waals surface area contributed by atoms with Crippen LogP contribution >= 0.6 is 15.9 Å². The summed E-state index contributed by atoms with van der Waals surface area (Å²) in [6.45, 7) is 1.07. The number of hydrogen-bond acceptors (Lipinski definition) is 4. The van der Waals surface area contributed by atoms with E-state index >= 15 is 0 Å². The van der Waals surface area contributed by atoms with Crippen molar-refractivity contribution in [1.82, 2.24) is 4.90 Å². The molecule has 1 aromatic rings. The largest absolute Gasteiger partial charge is 0.461 e. The number of rotatable bonds is 4. The highest BCUT2D eigenvalue weighted by molar-refractivity contribution is 9.10. The van der Waals surface area contributed by atoms with Gasteiger partial charge in [0.05, 0.1) is 5.56 Å². The Balaban J connectivity index is 2.62. The van der Waals surface area contributed by atoms with Gasteiger partial charge in [-0.2, -0.15) is 0 Å². The number of likely N-dealkylation sites (N-methyl/N-ethyl adjacent to an activating group) is 1. The van der Waals surface area contributed by atoms with E-state index in [2.05, 4.69) is 15.9 Å². The van der Waals surface area contributed by atoms with Crippen LogP contribution in [-0.4, -0.2) is 38.1 Å². The molecular formula is C11H15BrN2O2. The van der Waals surface area contributed by atoms with Gasteiger partial charge in [-0.25, -0.2) is 4.79 Å². The number of carbonyl (C=O) groups is 1. The van der Waals surface area contributed by atoms with Gasteiger partial charge in [0.25, 0.3) is 0 Å². The number of carbonyl (C=O) groups excluding carboxylic acids is 1. The van der Waals surface area contributed by atoms with E-state index in [1.807, 2.05) is 19.0 Å². The van der Waals surface area contributed by atoms with Crippen LogP contribution in [0.5, 0.6) is 0 Å². The molecule has 0 aliphatic heterocycles. The molecule has 0 radical (unpaired) electrons. The minimum Gasteiger partial charge on any atom is -0.461 e. The molecule has 0 unspecified atom stereocenters. The molecule has 0 bridgehead atoms. The average molecular weight is 287 g/mol. The van der Waals surface area contributed by atoms with Crippen LogP contribution in [-0.2, 0) is 4.74 Å². The number of anilines is 1. The number of nitrogens with two attached hydrogens (primary N) is 1. The molecule has 0 aliphatic rings. The molecule has 0 saturated heterocycles. The van der Waals surface area contributed by atoms with Crippen LogP contribution in [0.15, 0.2) is 22.7 Å². The summed E-state index contributed by atoms with van der Waals surface area (Å²) in [5, 5.41) is 0. The topological polar surface area (TPSA) is 55.6 Å². The van der Waals surface area contributed by atoms with Gasteiger partial charge in [0.2, 0.25) is 0 Å². The molecule has 0 amide bonds. The van der Waals surface area contributed by atoms with Gasteiger partial charge < -0.3 is 15.4 Å². The molecule has 2 N–H and O–H groups in total. The lowest BCUT2D eigenvalue weighted by Gasteiger charge is -2.10. The summed E-state index contributed by atoms with van der Waals surface area (Å²) in [5.74, 6) is -0.360. The number of nitrogen functional groups attached to an aromatic ring is 1. The smallest absolute Gasteiger partial charge is 0.339 e. The molecule has 0 atom stereocenters. The summed E-state index contributed by atoms with van der Waals surface area (Å²) in [7, 11) is 3.84. The minimum absolute atomic E-state index is 0.360. The standard InChI is InChI=1S/C11H15BrN2O2/c1-14(2)5-6-16-11(15)9-7-8(13)3-4-10(9)12/h3-4,7H,5-6,13H2,1-2H3. The zero-order valence-electron chi connectivity index (χ0n) is 9.37. The second-order valence-electron chi connectivity index (χ2n) is 3.68. The lowest BCUT2D eigenvalue weighted by Crippen LogP contribution is -2.20. The maximum Gasteiger partial charge on any atom is 0.339 e. The molecule has 0 aromatic heterocycles. The monoisotopic (exact) mass is 286 g/mol. The van der Waals surface area contributed by atoms with Gasteiger partial charge in [0.1, 0.15) is 6.61 Å². The van der Waals surface area contributed by atoms with E-state index in [1.54, 1.807) is 18.2 Å². The predicted molar refractivity (Wildman–Crippen MR) is 67.4 cm³/mol. The van der Waals surface area contributed by atoms with E-state index in [-0.39, 0.29) is 5.97 Å². The second-order valence-corrected chi connectivity index (χ2v) is 4.53. The average Bonchev–Trinajstić information content (AvgIpc) is 2.21. The fourth-order valence-corrected chi connectivity index (χ4v) is 1.51. The zero-order chi connectivity index (χ0) is 12.1. The number of nitrogens with zero attached hydrogens (tertiary/aromatic N) is 1. The van der Waals surface area contributed by atoms with Gasteiger partial charge in [-0.1, -0.05) is 0 Å². The summed E-state index contributed by atoms with van der Waals surface area (Å²) >= 11 is 3.29. The summed E-state index contributed by atoms with van der Waals surface area (Å²) in [6, 6.07) is 5.06. The highest BCUT2D eigenvalue weighted by Crippen LogP contribution is 2.20. The van der Waals surface area contributed by atoms with Crippen molar-refractivity contribution in [3.8, 4) is 0 Å². The molecule has 1 rings (SSSR count). The normalized spacial score (nSPS) is 10.5. The van der Waals surface area contributed by atoms with E-state index < -0.39 is 0 Å². The molecule has 0 fully saturated rings. The van der Waals surface area contributed by atoms with Crippen LogP contribution in [0.3, 0.4) is 0 Å². The Morgan fingerprint density at radius 3 is 2.81 bits per heavy atom.